The second-order valence-corrected chi connectivity index (χ2v) is 5.56. The summed E-state index contributed by atoms with van der Waals surface area (Å²) in [5, 5.41) is 1.07. The molecule has 1 nitrogen and oxygen atoms in total. The minimum atomic E-state index is -0.135. The van der Waals surface area contributed by atoms with Crippen molar-refractivity contribution in [3.8, 4) is 0 Å². The number of halogens is 3. The van der Waals surface area contributed by atoms with E-state index >= 15 is 0 Å². The van der Waals surface area contributed by atoms with Crippen molar-refractivity contribution in [1.29, 1.82) is 0 Å². The molecule has 1 aromatic carbocycles. The molecule has 0 aliphatic carbocycles. The van der Waals surface area contributed by atoms with Gasteiger partial charge in [0.05, 0.1) is 14.9 Å². The van der Waals surface area contributed by atoms with E-state index in [9.17, 15) is 4.79 Å². The highest BCUT2D eigenvalue weighted by Gasteiger charge is 2.14. The van der Waals surface area contributed by atoms with Crippen molar-refractivity contribution in [3.63, 3.8) is 0 Å². The number of benzene rings is 1. The van der Waals surface area contributed by atoms with Crippen LogP contribution in [0, 0.1) is 0 Å². The predicted octanol–water partition coefficient (Wildman–Crippen LogP) is 4.67. The summed E-state index contributed by atoms with van der Waals surface area (Å²) >= 11 is 15.1. The van der Waals surface area contributed by atoms with Crippen LogP contribution in [0.2, 0.25) is 10.0 Å². The maximum Gasteiger partial charge on any atom is 0.146 e. The lowest BCUT2D eigenvalue weighted by molar-refractivity contribution is -0.118. The van der Waals surface area contributed by atoms with E-state index in [-0.39, 0.29) is 10.6 Å². The first kappa shape index (κ1) is 14.0. The van der Waals surface area contributed by atoms with Crippen LogP contribution in [-0.2, 0) is 11.2 Å². The molecule has 0 fully saturated rings. The molecule has 0 N–H and O–H groups in total. The zero-order chi connectivity index (χ0) is 12.1. The van der Waals surface area contributed by atoms with E-state index in [1.165, 1.54) is 0 Å². The van der Waals surface area contributed by atoms with Gasteiger partial charge in [-0.15, -0.1) is 0 Å². The summed E-state index contributed by atoms with van der Waals surface area (Å²) in [7, 11) is 0. The Hall–Kier alpha value is -0.0500. The van der Waals surface area contributed by atoms with Gasteiger partial charge in [0.15, 0.2) is 0 Å². The van der Waals surface area contributed by atoms with Crippen molar-refractivity contribution in [3.05, 3.63) is 33.8 Å². The molecule has 1 rings (SSSR count). The monoisotopic (exact) mass is 322 g/mol. The smallest absolute Gasteiger partial charge is 0.146 e. The first-order valence-electron chi connectivity index (χ1n) is 5.15. The highest BCUT2D eigenvalue weighted by molar-refractivity contribution is 9.10. The van der Waals surface area contributed by atoms with E-state index in [0.717, 1.165) is 12.0 Å². The highest BCUT2D eigenvalue weighted by Crippen LogP contribution is 2.24. The Balaban J connectivity index is 2.66. The van der Waals surface area contributed by atoms with Crippen LogP contribution in [0.25, 0.3) is 0 Å². The van der Waals surface area contributed by atoms with Crippen LogP contribution in [-0.4, -0.2) is 10.6 Å². The molecule has 0 radical (unpaired) electrons. The maximum atomic E-state index is 11.6. The summed E-state index contributed by atoms with van der Waals surface area (Å²) in [6.07, 6.45) is 2.13. The molecule has 88 valence electrons. The van der Waals surface area contributed by atoms with Gasteiger partial charge in [0.25, 0.3) is 0 Å². The highest BCUT2D eigenvalue weighted by atomic mass is 79.9. The van der Waals surface area contributed by atoms with E-state index < -0.39 is 0 Å². The van der Waals surface area contributed by atoms with Crippen molar-refractivity contribution < 1.29 is 4.79 Å². The molecule has 0 spiro atoms. The Morgan fingerprint density at radius 1 is 1.38 bits per heavy atom. The number of alkyl halides is 1. The van der Waals surface area contributed by atoms with E-state index in [2.05, 4.69) is 15.9 Å². The Labute approximate surface area is 114 Å². The van der Waals surface area contributed by atoms with Crippen LogP contribution in [0.3, 0.4) is 0 Å². The number of hydrogen-bond donors (Lipinski definition) is 0. The first-order chi connectivity index (χ1) is 7.54. The second-order valence-electron chi connectivity index (χ2n) is 3.64. The van der Waals surface area contributed by atoms with Gasteiger partial charge in [0.1, 0.15) is 5.78 Å². The van der Waals surface area contributed by atoms with E-state index in [0.29, 0.717) is 22.9 Å². The summed E-state index contributed by atoms with van der Waals surface area (Å²) in [5.41, 5.74) is 1.01. The molecule has 16 heavy (non-hydrogen) atoms. The largest absolute Gasteiger partial charge is 0.298 e. The summed E-state index contributed by atoms with van der Waals surface area (Å²) in [6.45, 7) is 2.00. The fourth-order valence-corrected chi connectivity index (χ4v) is 2.31. The number of ketones is 1. The van der Waals surface area contributed by atoms with Crippen molar-refractivity contribution in [2.45, 2.75) is 31.0 Å². The molecular weight excluding hydrogens is 311 g/mol. The molecule has 0 heterocycles. The summed E-state index contributed by atoms with van der Waals surface area (Å²) in [5.74, 6) is 0.230. The molecule has 1 atom stereocenters. The average molecular weight is 324 g/mol. The first-order valence-corrected chi connectivity index (χ1v) is 6.82. The molecule has 0 aliphatic heterocycles. The zero-order valence-corrected chi connectivity index (χ0v) is 12.1. The maximum absolute atomic E-state index is 11.6. The Morgan fingerprint density at radius 3 is 2.62 bits per heavy atom. The van der Waals surface area contributed by atoms with Gasteiger partial charge in [0, 0.05) is 6.42 Å². The molecule has 0 amide bonds. The van der Waals surface area contributed by atoms with Crippen LogP contribution < -0.4 is 0 Å². The molecular formula is C12H13BrCl2O. The van der Waals surface area contributed by atoms with Gasteiger partial charge in [-0.05, 0) is 30.5 Å². The van der Waals surface area contributed by atoms with Gasteiger partial charge >= 0.3 is 0 Å². The van der Waals surface area contributed by atoms with Crippen LogP contribution in [0.4, 0.5) is 0 Å². The Morgan fingerprint density at radius 2 is 2.06 bits per heavy atom. The molecule has 1 aromatic rings. The predicted molar refractivity (Wildman–Crippen MR) is 72.8 cm³/mol. The molecule has 0 bridgehead atoms. The fourth-order valence-electron chi connectivity index (χ4n) is 1.39. The molecule has 0 saturated carbocycles. The Bertz CT molecular complexity index is 379. The van der Waals surface area contributed by atoms with Crippen molar-refractivity contribution in [1.82, 2.24) is 0 Å². The quantitative estimate of drug-likeness (QED) is 0.720. The van der Waals surface area contributed by atoms with E-state index in [4.69, 9.17) is 23.2 Å². The average Bonchev–Trinajstić information content (AvgIpc) is 2.24. The minimum absolute atomic E-state index is 0.135. The van der Waals surface area contributed by atoms with Crippen LogP contribution in [0.1, 0.15) is 25.3 Å². The van der Waals surface area contributed by atoms with Gasteiger partial charge in [-0.25, -0.2) is 0 Å². The SMILES string of the molecule is CCCC(=O)C(Br)Cc1ccc(Cl)c(Cl)c1. The number of carbonyl (C=O) groups excluding carboxylic acids is 1. The molecule has 0 saturated heterocycles. The van der Waals surface area contributed by atoms with Crippen molar-refractivity contribution in [2.24, 2.45) is 0 Å². The van der Waals surface area contributed by atoms with Gasteiger partial charge in [-0.1, -0.05) is 52.1 Å². The van der Waals surface area contributed by atoms with Gasteiger partial charge in [-0.2, -0.15) is 0 Å². The topological polar surface area (TPSA) is 17.1 Å². The van der Waals surface area contributed by atoms with Crippen LogP contribution >= 0.6 is 39.1 Å². The summed E-state index contributed by atoms with van der Waals surface area (Å²) in [6, 6.07) is 5.45. The summed E-state index contributed by atoms with van der Waals surface area (Å²) < 4.78 is 0. The number of hydrogen-bond acceptors (Lipinski definition) is 1. The van der Waals surface area contributed by atoms with Crippen molar-refractivity contribution in [2.75, 3.05) is 0 Å². The van der Waals surface area contributed by atoms with E-state index in [1.807, 2.05) is 13.0 Å². The fraction of sp³-hybridized carbons (Fsp3) is 0.417. The molecule has 0 aliphatic rings. The number of carbonyl (C=O) groups is 1. The number of Topliss-reactive ketones (excluding diaryl/α,β-unsaturated/α-hetero) is 1. The van der Waals surface area contributed by atoms with Gasteiger partial charge in [-0.3, -0.25) is 4.79 Å². The summed E-state index contributed by atoms with van der Waals surface area (Å²) in [4.78, 5) is 11.5. The third-order valence-electron chi connectivity index (χ3n) is 2.24. The standard InChI is InChI=1S/C12H13BrCl2O/c1-2-3-12(16)9(13)6-8-4-5-10(14)11(15)7-8/h4-5,7,9H,2-3,6H2,1H3. The molecule has 0 aromatic heterocycles. The number of rotatable bonds is 5. The normalized spacial score (nSPS) is 12.5. The second kappa shape index (κ2) is 6.63. The van der Waals surface area contributed by atoms with Crippen LogP contribution in [0.15, 0.2) is 18.2 Å². The lowest BCUT2D eigenvalue weighted by atomic mass is 10.1. The lowest BCUT2D eigenvalue weighted by Crippen LogP contribution is -2.16. The van der Waals surface area contributed by atoms with Crippen molar-refractivity contribution >= 4 is 44.9 Å². The molecule has 4 heteroatoms. The third kappa shape index (κ3) is 4.08. The third-order valence-corrected chi connectivity index (χ3v) is 3.82. The van der Waals surface area contributed by atoms with Gasteiger partial charge < -0.3 is 0 Å². The lowest BCUT2D eigenvalue weighted by Gasteiger charge is -2.08. The Kier molecular flexibility index (Phi) is 5.81. The molecule has 1 unspecified atom stereocenters. The zero-order valence-electron chi connectivity index (χ0n) is 8.97. The van der Waals surface area contributed by atoms with Crippen LogP contribution in [0.5, 0.6) is 0 Å². The minimum Gasteiger partial charge on any atom is -0.298 e. The van der Waals surface area contributed by atoms with E-state index in [1.54, 1.807) is 12.1 Å². The van der Waals surface area contributed by atoms with Gasteiger partial charge in [0.2, 0.25) is 0 Å².